The summed E-state index contributed by atoms with van der Waals surface area (Å²) in [5, 5.41) is 9.86. The van der Waals surface area contributed by atoms with E-state index in [1.807, 2.05) is 30.9 Å². The molecule has 1 saturated heterocycles. The SMILES string of the molecule is COc1cc(C)cc(OC2CCC3(CC2)CN(C(=O)[C@H]2C[C@@](C)(O)C2)C3)c1. The van der Waals surface area contributed by atoms with Crippen molar-refractivity contribution in [2.45, 2.75) is 64.1 Å². The van der Waals surface area contributed by atoms with E-state index in [9.17, 15) is 9.90 Å². The second kappa shape index (κ2) is 6.69. The van der Waals surface area contributed by atoms with Gasteiger partial charge in [0.05, 0.1) is 18.8 Å². The number of methoxy groups -OCH3 is 1. The number of amides is 1. The summed E-state index contributed by atoms with van der Waals surface area (Å²) in [6, 6.07) is 6.02. The zero-order valence-corrected chi connectivity index (χ0v) is 16.7. The van der Waals surface area contributed by atoms with Gasteiger partial charge in [0, 0.05) is 30.5 Å². The summed E-state index contributed by atoms with van der Waals surface area (Å²) in [6.07, 6.45) is 5.79. The fourth-order valence-electron chi connectivity index (χ4n) is 5.08. The number of hydrogen-bond acceptors (Lipinski definition) is 4. The van der Waals surface area contributed by atoms with E-state index < -0.39 is 5.60 Å². The second-order valence-electron chi connectivity index (χ2n) is 9.30. The minimum atomic E-state index is -0.628. The van der Waals surface area contributed by atoms with Crippen molar-refractivity contribution >= 4 is 5.91 Å². The molecule has 1 aromatic rings. The Hall–Kier alpha value is -1.75. The molecule has 2 saturated carbocycles. The Balaban J connectivity index is 1.25. The zero-order chi connectivity index (χ0) is 19.2. The van der Waals surface area contributed by atoms with Crippen molar-refractivity contribution in [1.82, 2.24) is 4.90 Å². The van der Waals surface area contributed by atoms with Gasteiger partial charge in [-0.1, -0.05) is 0 Å². The lowest BCUT2D eigenvalue weighted by molar-refractivity contribution is -0.164. The molecule has 1 amide bonds. The minimum Gasteiger partial charge on any atom is -0.497 e. The van der Waals surface area contributed by atoms with E-state index in [1.165, 1.54) is 0 Å². The molecule has 5 heteroatoms. The molecular weight excluding hydrogens is 342 g/mol. The molecule has 1 heterocycles. The lowest BCUT2D eigenvalue weighted by atomic mass is 9.66. The van der Waals surface area contributed by atoms with Crippen LogP contribution in [0.1, 0.15) is 51.0 Å². The molecule has 148 valence electrons. The van der Waals surface area contributed by atoms with Gasteiger partial charge in [-0.3, -0.25) is 4.79 Å². The molecule has 0 radical (unpaired) electrons. The Kier molecular flexibility index (Phi) is 4.61. The van der Waals surface area contributed by atoms with Gasteiger partial charge in [0.1, 0.15) is 11.5 Å². The Morgan fingerprint density at radius 3 is 2.37 bits per heavy atom. The molecule has 0 aromatic heterocycles. The van der Waals surface area contributed by atoms with Crippen LogP contribution >= 0.6 is 0 Å². The molecular formula is C22H31NO4. The molecule has 0 bridgehead atoms. The van der Waals surface area contributed by atoms with Crippen molar-refractivity contribution in [3.05, 3.63) is 23.8 Å². The van der Waals surface area contributed by atoms with E-state index in [0.717, 1.165) is 55.8 Å². The van der Waals surface area contributed by atoms with Crippen LogP contribution in [0.2, 0.25) is 0 Å². The largest absolute Gasteiger partial charge is 0.497 e. The Bertz CT molecular complexity index is 705. The number of ether oxygens (including phenoxy) is 2. The van der Waals surface area contributed by atoms with Crippen LogP contribution in [0.5, 0.6) is 11.5 Å². The monoisotopic (exact) mass is 373 g/mol. The molecule has 1 aromatic carbocycles. The lowest BCUT2D eigenvalue weighted by Crippen LogP contribution is -2.63. The van der Waals surface area contributed by atoms with E-state index >= 15 is 0 Å². The van der Waals surface area contributed by atoms with Crippen LogP contribution in [0.15, 0.2) is 18.2 Å². The van der Waals surface area contributed by atoms with E-state index in [-0.39, 0.29) is 17.9 Å². The number of aliphatic hydroxyl groups is 1. The fraction of sp³-hybridized carbons (Fsp3) is 0.682. The topological polar surface area (TPSA) is 59.0 Å². The van der Waals surface area contributed by atoms with Crippen molar-refractivity contribution in [3.8, 4) is 11.5 Å². The van der Waals surface area contributed by atoms with Crippen LogP contribution in [0.3, 0.4) is 0 Å². The Morgan fingerprint density at radius 1 is 1.15 bits per heavy atom. The predicted octanol–water partition coefficient (Wildman–Crippen LogP) is 3.31. The second-order valence-corrected chi connectivity index (χ2v) is 9.30. The van der Waals surface area contributed by atoms with Crippen LogP contribution in [0, 0.1) is 18.3 Å². The number of benzene rings is 1. The Labute approximate surface area is 161 Å². The minimum absolute atomic E-state index is 0.0355. The summed E-state index contributed by atoms with van der Waals surface area (Å²) in [5.74, 6) is 2.00. The quantitative estimate of drug-likeness (QED) is 0.880. The summed E-state index contributed by atoms with van der Waals surface area (Å²) in [6.45, 7) is 5.64. The fourth-order valence-corrected chi connectivity index (χ4v) is 5.08. The average molecular weight is 373 g/mol. The number of hydrogen-bond donors (Lipinski definition) is 1. The van der Waals surface area contributed by atoms with Gasteiger partial charge in [-0.15, -0.1) is 0 Å². The van der Waals surface area contributed by atoms with Gasteiger partial charge in [-0.05, 0) is 70.1 Å². The summed E-state index contributed by atoms with van der Waals surface area (Å²) in [5.41, 5.74) is 0.808. The molecule has 0 unspecified atom stereocenters. The van der Waals surface area contributed by atoms with Gasteiger partial charge >= 0.3 is 0 Å². The van der Waals surface area contributed by atoms with Crippen molar-refractivity contribution in [2.24, 2.45) is 11.3 Å². The molecule has 5 nitrogen and oxygen atoms in total. The third-order valence-electron chi connectivity index (χ3n) is 6.64. The highest BCUT2D eigenvalue weighted by Gasteiger charge is 2.51. The summed E-state index contributed by atoms with van der Waals surface area (Å²) < 4.78 is 11.5. The Morgan fingerprint density at radius 2 is 1.78 bits per heavy atom. The maximum Gasteiger partial charge on any atom is 0.225 e. The van der Waals surface area contributed by atoms with E-state index in [4.69, 9.17) is 9.47 Å². The van der Waals surface area contributed by atoms with Gasteiger partial charge in [0.15, 0.2) is 0 Å². The molecule has 2 aliphatic carbocycles. The van der Waals surface area contributed by atoms with Gasteiger partial charge < -0.3 is 19.5 Å². The highest BCUT2D eigenvalue weighted by molar-refractivity contribution is 5.81. The molecule has 4 rings (SSSR count). The molecule has 0 atom stereocenters. The number of likely N-dealkylation sites (tertiary alicyclic amines) is 1. The van der Waals surface area contributed by atoms with Crippen LogP contribution in [-0.2, 0) is 4.79 Å². The van der Waals surface area contributed by atoms with Crippen LogP contribution in [0.25, 0.3) is 0 Å². The highest BCUT2D eigenvalue weighted by Crippen LogP contribution is 2.47. The summed E-state index contributed by atoms with van der Waals surface area (Å²) in [4.78, 5) is 14.5. The lowest BCUT2D eigenvalue weighted by Gasteiger charge is -2.55. The molecule has 27 heavy (non-hydrogen) atoms. The molecule has 3 fully saturated rings. The number of aryl methyl sites for hydroxylation is 1. The van der Waals surface area contributed by atoms with Gasteiger partial charge in [-0.2, -0.15) is 0 Å². The predicted molar refractivity (Wildman–Crippen MR) is 103 cm³/mol. The van der Waals surface area contributed by atoms with Crippen LogP contribution in [-0.4, -0.2) is 47.8 Å². The van der Waals surface area contributed by atoms with Crippen molar-refractivity contribution in [1.29, 1.82) is 0 Å². The molecule has 3 aliphatic rings. The first-order chi connectivity index (χ1) is 12.8. The standard InChI is InChI=1S/C22H31NO4/c1-15-8-18(26-3)10-19(9-15)27-17-4-6-22(7-5-17)13-23(14-22)20(24)16-11-21(2,25)12-16/h8-10,16-17,25H,4-7,11-14H2,1-3H3/t16-,21+. The number of carbonyl (C=O) groups excluding carboxylic acids is 1. The normalized spacial score (nSPS) is 29.8. The van der Waals surface area contributed by atoms with E-state index in [1.54, 1.807) is 7.11 Å². The molecule has 1 aliphatic heterocycles. The summed E-state index contributed by atoms with van der Waals surface area (Å²) >= 11 is 0. The number of rotatable bonds is 4. The van der Waals surface area contributed by atoms with Gasteiger partial charge in [0.2, 0.25) is 5.91 Å². The van der Waals surface area contributed by atoms with E-state index in [2.05, 4.69) is 6.07 Å². The van der Waals surface area contributed by atoms with Gasteiger partial charge in [-0.25, -0.2) is 0 Å². The first-order valence-electron chi connectivity index (χ1n) is 10.1. The number of carbonyl (C=O) groups is 1. The molecule has 1 spiro atoms. The van der Waals surface area contributed by atoms with Gasteiger partial charge in [0.25, 0.3) is 0 Å². The van der Waals surface area contributed by atoms with Crippen LogP contribution < -0.4 is 9.47 Å². The first kappa shape index (κ1) is 18.6. The average Bonchev–Trinajstić information content (AvgIpc) is 2.57. The van der Waals surface area contributed by atoms with Crippen molar-refractivity contribution in [3.63, 3.8) is 0 Å². The third-order valence-corrected chi connectivity index (χ3v) is 6.64. The highest BCUT2D eigenvalue weighted by atomic mass is 16.5. The maximum atomic E-state index is 12.5. The van der Waals surface area contributed by atoms with Crippen molar-refractivity contribution in [2.75, 3.05) is 20.2 Å². The first-order valence-corrected chi connectivity index (χ1v) is 10.1. The van der Waals surface area contributed by atoms with E-state index in [0.29, 0.717) is 18.3 Å². The zero-order valence-electron chi connectivity index (χ0n) is 16.7. The summed E-state index contributed by atoms with van der Waals surface area (Å²) in [7, 11) is 1.68. The smallest absolute Gasteiger partial charge is 0.225 e. The number of nitrogens with zero attached hydrogens (tertiary/aromatic N) is 1. The third kappa shape index (κ3) is 3.79. The maximum absolute atomic E-state index is 12.5. The van der Waals surface area contributed by atoms with Crippen LogP contribution in [0.4, 0.5) is 0 Å². The molecule has 1 N–H and O–H groups in total. The van der Waals surface area contributed by atoms with Crippen molar-refractivity contribution < 1.29 is 19.4 Å².